The first-order valence-corrected chi connectivity index (χ1v) is 13.6. The van der Waals surface area contributed by atoms with Gasteiger partial charge in [0.2, 0.25) is 10.0 Å². The van der Waals surface area contributed by atoms with Crippen LogP contribution in [0.1, 0.15) is 43.0 Å². The maximum atomic E-state index is 12.9. The minimum absolute atomic E-state index is 0.202. The summed E-state index contributed by atoms with van der Waals surface area (Å²) in [6, 6.07) is 11.4. The Morgan fingerprint density at radius 1 is 1.06 bits per heavy atom. The quantitative estimate of drug-likeness (QED) is 0.390. The lowest BCUT2D eigenvalue weighted by Gasteiger charge is -2.30. The number of aromatic nitrogens is 1. The molecule has 2 aliphatic heterocycles. The predicted octanol–water partition coefficient (Wildman–Crippen LogP) is 4.54. The van der Waals surface area contributed by atoms with Crippen LogP contribution >= 0.6 is 11.3 Å². The van der Waals surface area contributed by atoms with Crippen molar-refractivity contribution in [3.05, 3.63) is 48.0 Å². The number of carbonyl (C=O) groups is 1. The van der Waals surface area contributed by atoms with E-state index in [2.05, 4.69) is 11.8 Å². The number of sulfonamides is 1. The number of esters is 1. The van der Waals surface area contributed by atoms with Crippen molar-refractivity contribution in [2.24, 2.45) is 5.92 Å². The maximum Gasteiger partial charge on any atom is 0.343 e. The van der Waals surface area contributed by atoms with E-state index in [9.17, 15) is 13.2 Å². The van der Waals surface area contributed by atoms with E-state index in [4.69, 9.17) is 9.72 Å². The summed E-state index contributed by atoms with van der Waals surface area (Å²) in [6.45, 7) is 5.20. The van der Waals surface area contributed by atoms with Gasteiger partial charge >= 0.3 is 5.97 Å². The zero-order valence-corrected chi connectivity index (χ0v) is 20.2. The molecular weight excluding hydrogens is 458 g/mol. The van der Waals surface area contributed by atoms with Crippen LogP contribution in [-0.2, 0) is 10.0 Å². The van der Waals surface area contributed by atoms with Crippen LogP contribution in [-0.4, -0.2) is 49.9 Å². The molecule has 7 nitrogen and oxygen atoms in total. The molecule has 33 heavy (non-hydrogen) atoms. The second-order valence-corrected chi connectivity index (χ2v) is 11.8. The molecule has 2 aliphatic rings. The third-order valence-corrected chi connectivity index (χ3v) is 9.24. The van der Waals surface area contributed by atoms with Crippen molar-refractivity contribution in [3.63, 3.8) is 0 Å². The first kappa shape index (κ1) is 22.3. The van der Waals surface area contributed by atoms with Gasteiger partial charge in [0.1, 0.15) is 5.75 Å². The summed E-state index contributed by atoms with van der Waals surface area (Å²) in [5.41, 5.74) is 1.20. The summed E-state index contributed by atoms with van der Waals surface area (Å²) >= 11 is 1.60. The Hall–Kier alpha value is -2.49. The predicted molar refractivity (Wildman–Crippen MR) is 130 cm³/mol. The van der Waals surface area contributed by atoms with Gasteiger partial charge in [0.15, 0.2) is 5.13 Å². The molecule has 0 radical (unpaired) electrons. The molecule has 1 aromatic heterocycles. The van der Waals surface area contributed by atoms with Crippen LogP contribution in [0.3, 0.4) is 0 Å². The number of piperidine rings is 1. The minimum atomic E-state index is -3.55. The maximum absolute atomic E-state index is 12.9. The Labute approximate surface area is 198 Å². The summed E-state index contributed by atoms with van der Waals surface area (Å²) in [5.74, 6) is 0.280. The molecule has 0 aliphatic carbocycles. The highest BCUT2D eigenvalue weighted by atomic mass is 32.2. The van der Waals surface area contributed by atoms with E-state index >= 15 is 0 Å². The zero-order valence-electron chi connectivity index (χ0n) is 18.6. The van der Waals surface area contributed by atoms with Gasteiger partial charge < -0.3 is 9.64 Å². The number of hydrogen-bond acceptors (Lipinski definition) is 7. The number of ether oxygens (including phenoxy) is 1. The van der Waals surface area contributed by atoms with E-state index in [-0.39, 0.29) is 4.90 Å². The molecule has 0 bridgehead atoms. The Morgan fingerprint density at radius 3 is 2.55 bits per heavy atom. The molecule has 0 spiro atoms. The molecule has 2 fully saturated rings. The molecule has 1 unspecified atom stereocenters. The van der Waals surface area contributed by atoms with Gasteiger partial charge in [0.05, 0.1) is 20.7 Å². The van der Waals surface area contributed by atoms with Gasteiger partial charge in [-0.15, -0.1) is 0 Å². The fourth-order valence-corrected chi connectivity index (χ4v) is 7.09. The highest BCUT2D eigenvalue weighted by Gasteiger charge is 2.28. The number of anilines is 1. The molecule has 5 rings (SSSR count). The molecule has 2 saturated heterocycles. The van der Waals surface area contributed by atoms with Crippen molar-refractivity contribution in [2.75, 3.05) is 31.1 Å². The van der Waals surface area contributed by atoms with Crippen LogP contribution in [0.5, 0.6) is 5.75 Å². The summed E-state index contributed by atoms with van der Waals surface area (Å²) in [7, 11) is -3.55. The van der Waals surface area contributed by atoms with Gasteiger partial charge in [-0.25, -0.2) is 18.2 Å². The van der Waals surface area contributed by atoms with Crippen molar-refractivity contribution < 1.29 is 17.9 Å². The van der Waals surface area contributed by atoms with Crippen molar-refractivity contribution in [3.8, 4) is 5.75 Å². The number of benzene rings is 2. The standard InChI is InChI=1S/C24H27N3O4S2/c1-17-5-4-14-27(16-17)33(29,30)20-9-6-18(7-10-20)23(28)31-19-8-11-21-22(15-19)32-24(25-21)26-12-2-3-13-26/h6-11,15,17H,2-5,12-14,16H2,1H3. The average Bonchev–Trinajstić information content (AvgIpc) is 3.49. The minimum Gasteiger partial charge on any atom is -0.423 e. The molecule has 0 saturated carbocycles. The Morgan fingerprint density at radius 2 is 1.82 bits per heavy atom. The topological polar surface area (TPSA) is 79.8 Å². The zero-order chi connectivity index (χ0) is 23.0. The van der Waals surface area contributed by atoms with Gasteiger partial charge in [-0.2, -0.15) is 4.31 Å². The molecule has 0 amide bonds. The first-order valence-electron chi connectivity index (χ1n) is 11.4. The molecule has 3 heterocycles. The molecule has 9 heteroatoms. The van der Waals surface area contributed by atoms with E-state index in [0.29, 0.717) is 30.3 Å². The van der Waals surface area contributed by atoms with Crippen LogP contribution in [0.4, 0.5) is 5.13 Å². The van der Waals surface area contributed by atoms with Crippen LogP contribution in [0.2, 0.25) is 0 Å². The fourth-order valence-electron chi connectivity index (χ4n) is 4.44. The average molecular weight is 486 g/mol. The highest BCUT2D eigenvalue weighted by molar-refractivity contribution is 7.89. The SMILES string of the molecule is CC1CCCN(S(=O)(=O)c2ccc(C(=O)Oc3ccc4nc(N5CCCC5)sc4c3)cc2)C1. The van der Waals surface area contributed by atoms with E-state index in [0.717, 1.165) is 41.3 Å². The number of carbonyl (C=O) groups excluding carboxylic acids is 1. The summed E-state index contributed by atoms with van der Waals surface area (Å²) in [4.78, 5) is 19.9. The Balaban J connectivity index is 1.29. The van der Waals surface area contributed by atoms with Crippen LogP contribution in [0, 0.1) is 5.92 Å². The molecule has 2 aromatic carbocycles. The highest BCUT2D eigenvalue weighted by Crippen LogP contribution is 2.33. The summed E-state index contributed by atoms with van der Waals surface area (Å²) in [5, 5.41) is 1.01. The lowest BCUT2D eigenvalue weighted by Crippen LogP contribution is -2.39. The normalized spacial score (nSPS) is 19.8. The summed E-state index contributed by atoms with van der Waals surface area (Å²) < 4.78 is 33.9. The van der Waals surface area contributed by atoms with Crippen molar-refractivity contribution in [1.29, 1.82) is 0 Å². The van der Waals surface area contributed by atoms with Gasteiger partial charge in [0.25, 0.3) is 0 Å². The van der Waals surface area contributed by atoms with Crippen LogP contribution in [0.25, 0.3) is 10.2 Å². The Kier molecular flexibility index (Phi) is 6.11. The van der Waals surface area contributed by atoms with Gasteiger partial charge in [-0.3, -0.25) is 0 Å². The largest absolute Gasteiger partial charge is 0.423 e. The second-order valence-electron chi connectivity index (χ2n) is 8.84. The molecule has 3 aromatic rings. The van der Waals surface area contributed by atoms with Crippen molar-refractivity contribution in [2.45, 2.75) is 37.5 Å². The Bertz CT molecular complexity index is 1260. The first-order chi connectivity index (χ1) is 15.9. The smallest absolute Gasteiger partial charge is 0.343 e. The molecule has 0 N–H and O–H groups in total. The number of rotatable bonds is 5. The fraction of sp³-hybridized carbons (Fsp3) is 0.417. The van der Waals surface area contributed by atoms with E-state index in [1.54, 1.807) is 17.4 Å². The third-order valence-electron chi connectivity index (χ3n) is 6.28. The van der Waals surface area contributed by atoms with Crippen LogP contribution < -0.4 is 9.64 Å². The van der Waals surface area contributed by atoms with Gasteiger partial charge in [-0.1, -0.05) is 18.3 Å². The van der Waals surface area contributed by atoms with Gasteiger partial charge in [-0.05, 0) is 68.0 Å². The molecule has 174 valence electrons. The van der Waals surface area contributed by atoms with E-state index < -0.39 is 16.0 Å². The number of fused-ring (bicyclic) bond motifs is 1. The molecule has 1 atom stereocenters. The van der Waals surface area contributed by atoms with Gasteiger partial charge in [0, 0.05) is 32.2 Å². The third kappa shape index (κ3) is 4.62. The lowest BCUT2D eigenvalue weighted by atomic mass is 10.0. The summed E-state index contributed by atoms with van der Waals surface area (Å²) in [6.07, 6.45) is 4.30. The van der Waals surface area contributed by atoms with Crippen molar-refractivity contribution in [1.82, 2.24) is 9.29 Å². The van der Waals surface area contributed by atoms with Crippen molar-refractivity contribution >= 4 is 42.7 Å². The second kappa shape index (κ2) is 9.04. The monoisotopic (exact) mass is 485 g/mol. The lowest BCUT2D eigenvalue weighted by molar-refractivity contribution is 0.0735. The van der Waals surface area contributed by atoms with Crippen LogP contribution in [0.15, 0.2) is 47.4 Å². The number of thiazole rings is 1. The number of nitrogens with zero attached hydrogens (tertiary/aromatic N) is 3. The molecular formula is C24H27N3O4S2. The van der Waals surface area contributed by atoms with E-state index in [1.807, 2.05) is 12.1 Å². The number of hydrogen-bond donors (Lipinski definition) is 0. The van der Waals surface area contributed by atoms with E-state index in [1.165, 1.54) is 41.4 Å².